The van der Waals surface area contributed by atoms with Crippen molar-refractivity contribution >= 4 is 29.3 Å². The van der Waals surface area contributed by atoms with Crippen LogP contribution in [0, 0.1) is 0 Å². The third-order valence-corrected chi connectivity index (χ3v) is 6.62. The number of fused-ring (bicyclic) bond motifs is 2. The summed E-state index contributed by atoms with van der Waals surface area (Å²) < 4.78 is 0. The molecule has 0 saturated carbocycles. The van der Waals surface area contributed by atoms with Crippen molar-refractivity contribution in [1.29, 1.82) is 0 Å². The van der Waals surface area contributed by atoms with Gasteiger partial charge in [0.2, 0.25) is 11.8 Å². The first-order valence-electron chi connectivity index (χ1n) is 10.9. The van der Waals surface area contributed by atoms with E-state index in [2.05, 4.69) is 22.3 Å². The Bertz CT molecular complexity index is 1140. The molecule has 3 aliphatic heterocycles. The molecule has 1 fully saturated rings. The molecule has 8 nitrogen and oxygen atoms in total. The van der Waals surface area contributed by atoms with Crippen LogP contribution in [0.3, 0.4) is 0 Å². The molecule has 5 rings (SSSR count). The van der Waals surface area contributed by atoms with Crippen LogP contribution < -0.4 is 16.0 Å². The first kappa shape index (κ1) is 20.4. The number of para-hydroxylation sites is 1. The summed E-state index contributed by atoms with van der Waals surface area (Å²) in [7, 11) is 0. The lowest BCUT2D eigenvalue weighted by Gasteiger charge is -2.38. The molecule has 2 unspecified atom stereocenters. The van der Waals surface area contributed by atoms with Gasteiger partial charge in [-0.2, -0.15) is 0 Å². The van der Waals surface area contributed by atoms with E-state index in [0.717, 1.165) is 29.0 Å². The maximum absolute atomic E-state index is 13.1. The predicted molar refractivity (Wildman–Crippen MR) is 117 cm³/mol. The van der Waals surface area contributed by atoms with Crippen molar-refractivity contribution in [2.75, 3.05) is 11.4 Å². The van der Waals surface area contributed by atoms with Crippen molar-refractivity contribution in [3.8, 4) is 0 Å². The van der Waals surface area contributed by atoms with E-state index in [1.165, 1.54) is 5.56 Å². The second kappa shape index (κ2) is 7.87. The van der Waals surface area contributed by atoms with E-state index in [9.17, 15) is 19.2 Å². The largest absolute Gasteiger partial charge is 0.363 e. The van der Waals surface area contributed by atoms with Gasteiger partial charge in [0.05, 0.1) is 11.1 Å². The Morgan fingerprint density at radius 3 is 2.50 bits per heavy atom. The number of carbonyl (C=O) groups is 4. The quantitative estimate of drug-likeness (QED) is 0.706. The summed E-state index contributed by atoms with van der Waals surface area (Å²) in [5.74, 6) is -1.97. The van der Waals surface area contributed by atoms with Crippen LogP contribution in [0.5, 0.6) is 0 Å². The van der Waals surface area contributed by atoms with Crippen LogP contribution >= 0.6 is 0 Å². The Morgan fingerprint density at radius 1 is 0.938 bits per heavy atom. The normalized spacial score (nSPS) is 22.7. The Labute approximate surface area is 185 Å². The molecule has 3 aliphatic rings. The van der Waals surface area contributed by atoms with E-state index in [4.69, 9.17) is 5.73 Å². The summed E-state index contributed by atoms with van der Waals surface area (Å²) in [6.07, 6.45) is 2.18. The zero-order chi connectivity index (χ0) is 22.4. The fourth-order valence-corrected chi connectivity index (χ4v) is 4.95. The fourth-order valence-electron chi connectivity index (χ4n) is 4.95. The maximum Gasteiger partial charge on any atom is 0.262 e. The highest BCUT2D eigenvalue weighted by atomic mass is 16.2. The van der Waals surface area contributed by atoms with Gasteiger partial charge in [0.15, 0.2) is 0 Å². The Morgan fingerprint density at radius 2 is 1.72 bits per heavy atom. The number of carbonyl (C=O) groups excluding carboxylic acids is 4. The Balaban J connectivity index is 1.43. The van der Waals surface area contributed by atoms with Crippen LogP contribution in [-0.4, -0.2) is 47.2 Å². The molecule has 2 aromatic carbocycles. The van der Waals surface area contributed by atoms with Crippen LogP contribution in [0.2, 0.25) is 0 Å². The molecule has 0 bridgehead atoms. The van der Waals surface area contributed by atoms with Crippen LogP contribution in [-0.2, 0) is 22.6 Å². The molecule has 3 N–H and O–H groups in total. The Kier molecular flexibility index (Phi) is 5.01. The smallest absolute Gasteiger partial charge is 0.262 e. The number of aryl methyl sites for hydroxylation is 1. The fraction of sp³-hybridized carbons (Fsp3) is 0.333. The molecule has 1 saturated heterocycles. The van der Waals surface area contributed by atoms with Crippen LogP contribution in [0.4, 0.5) is 5.69 Å². The minimum atomic E-state index is -0.959. The van der Waals surface area contributed by atoms with Gasteiger partial charge in [-0.3, -0.25) is 29.4 Å². The second-order valence-corrected chi connectivity index (χ2v) is 8.51. The van der Waals surface area contributed by atoms with Crippen molar-refractivity contribution in [3.63, 3.8) is 0 Å². The number of nitrogens with one attached hydrogen (secondary N) is 1. The number of rotatable bonds is 4. The van der Waals surface area contributed by atoms with E-state index >= 15 is 0 Å². The minimum absolute atomic E-state index is 0.101. The number of nitrogens with two attached hydrogens (primary N) is 1. The van der Waals surface area contributed by atoms with Crippen molar-refractivity contribution in [1.82, 2.24) is 10.2 Å². The number of nitrogens with zero attached hydrogens (tertiary/aromatic N) is 2. The summed E-state index contributed by atoms with van der Waals surface area (Å²) in [5, 5.41) is 2.22. The number of benzene rings is 2. The molecular formula is C24H24N4O4. The first-order chi connectivity index (χ1) is 15.5. The molecule has 2 atom stereocenters. The number of hydrogen-bond donors (Lipinski definition) is 2. The van der Waals surface area contributed by atoms with E-state index < -0.39 is 23.8 Å². The van der Waals surface area contributed by atoms with E-state index in [1.807, 2.05) is 18.2 Å². The molecule has 8 heteroatoms. The average molecular weight is 432 g/mol. The molecule has 0 aliphatic carbocycles. The van der Waals surface area contributed by atoms with Crippen LogP contribution in [0.1, 0.15) is 51.1 Å². The number of amides is 4. The van der Waals surface area contributed by atoms with Crippen LogP contribution in [0.25, 0.3) is 0 Å². The molecule has 2 aromatic rings. The summed E-state index contributed by atoms with van der Waals surface area (Å²) in [5.41, 5.74) is 9.94. The SMILES string of the molecule is NCC1CCc2ccccc2N1Cc1ccc2c(c1)C(=O)N(C1CCC(=O)NC1=O)C2=O. The number of anilines is 1. The summed E-state index contributed by atoms with van der Waals surface area (Å²) in [6, 6.07) is 12.7. The predicted octanol–water partition coefficient (Wildman–Crippen LogP) is 1.37. The van der Waals surface area contributed by atoms with Gasteiger partial charge in [-0.1, -0.05) is 24.3 Å². The van der Waals surface area contributed by atoms with Crippen molar-refractivity contribution in [2.24, 2.45) is 5.73 Å². The second-order valence-electron chi connectivity index (χ2n) is 8.51. The molecule has 0 radical (unpaired) electrons. The number of hydrogen-bond acceptors (Lipinski definition) is 6. The van der Waals surface area contributed by atoms with Gasteiger partial charge in [-0.15, -0.1) is 0 Å². The van der Waals surface area contributed by atoms with Gasteiger partial charge in [0.1, 0.15) is 6.04 Å². The average Bonchev–Trinajstić information content (AvgIpc) is 3.04. The summed E-state index contributed by atoms with van der Waals surface area (Å²) in [4.78, 5) is 53.0. The van der Waals surface area contributed by atoms with E-state index in [-0.39, 0.29) is 30.4 Å². The molecule has 3 heterocycles. The molecule has 4 amide bonds. The minimum Gasteiger partial charge on any atom is -0.363 e. The summed E-state index contributed by atoms with van der Waals surface area (Å²) in [6.45, 7) is 1.09. The van der Waals surface area contributed by atoms with Gasteiger partial charge < -0.3 is 10.6 Å². The maximum atomic E-state index is 13.1. The molecule has 0 aromatic heterocycles. The lowest BCUT2D eigenvalue weighted by atomic mass is 9.94. The third kappa shape index (κ3) is 3.27. The molecular weight excluding hydrogens is 408 g/mol. The van der Waals surface area contributed by atoms with Crippen molar-refractivity contribution < 1.29 is 19.2 Å². The topological polar surface area (TPSA) is 113 Å². The van der Waals surface area contributed by atoms with Gasteiger partial charge in [0.25, 0.3) is 11.8 Å². The van der Waals surface area contributed by atoms with E-state index in [0.29, 0.717) is 18.7 Å². The highest BCUT2D eigenvalue weighted by Gasteiger charge is 2.44. The number of piperidine rings is 1. The monoisotopic (exact) mass is 432 g/mol. The molecule has 0 spiro atoms. The van der Waals surface area contributed by atoms with Crippen LogP contribution in [0.15, 0.2) is 42.5 Å². The van der Waals surface area contributed by atoms with Gasteiger partial charge in [-0.25, -0.2) is 0 Å². The molecule has 32 heavy (non-hydrogen) atoms. The molecule has 164 valence electrons. The van der Waals surface area contributed by atoms with Gasteiger partial charge >= 0.3 is 0 Å². The lowest BCUT2D eigenvalue weighted by molar-refractivity contribution is -0.136. The van der Waals surface area contributed by atoms with E-state index in [1.54, 1.807) is 12.1 Å². The summed E-state index contributed by atoms with van der Waals surface area (Å²) >= 11 is 0. The number of imide groups is 2. The van der Waals surface area contributed by atoms with Crippen molar-refractivity contribution in [3.05, 3.63) is 64.7 Å². The Hall–Kier alpha value is -3.52. The van der Waals surface area contributed by atoms with Gasteiger partial charge in [-0.05, 0) is 48.6 Å². The standard InChI is InChI=1S/C24H24N4O4/c25-12-16-7-6-15-3-1-2-4-19(15)27(16)13-14-5-8-17-18(11-14)24(32)28(23(17)31)20-9-10-21(29)26-22(20)30/h1-5,8,11,16,20H,6-7,9-10,12-13,25H2,(H,26,29,30). The van der Waals surface area contributed by atoms with Gasteiger partial charge in [0, 0.05) is 31.2 Å². The lowest BCUT2D eigenvalue weighted by Crippen LogP contribution is -2.54. The first-order valence-corrected chi connectivity index (χ1v) is 10.9. The highest BCUT2D eigenvalue weighted by molar-refractivity contribution is 6.23. The zero-order valence-corrected chi connectivity index (χ0v) is 17.5. The van der Waals surface area contributed by atoms with Crippen molar-refractivity contribution in [2.45, 2.75) is 44.3 Å². The highest BCUT2D eigenvalue weighted by Crippen LogP contribution is 2.33. The zero-order valence-electron chi connectivity index (χ0n) is 17.5. The third-order valence-electron chi connectivity index (χ3n) is 6.62.